The van der Waals surface area contributed by atoms with Crippen molar-refractivity contribution in [1.82, 2.24) is 4.72 Å². The van der Waals surface area contributed by atoms with Crippen molar-refractivity contribution < 1.29 is 18.4 Å². The lowest BCUT2D eigenvalue weighted by Gasteiger charge is -2.40. The van der Waals surface area contributed by atoms with Gasteiger partial charge in [0.1, 0.15) is 0 Å². The lowest BCUT2D eigenvalue weighted by molar-refractivity contribution is -0.385. The van der Waals surface area contributed by atoms with Gasteiger partial charge in [-0.25, -0.2) is 13.1 Å². The number of rotatable bonds is 5. The van der Waals surface area contributed by atoms with Gasteiger partial charge in [0.05, 0.1) is 22.0 Å². The number of nitrogens with one attached hydrogen (secondary N) is 1. The number of benzene rings is 1. The summed E-state index contributed by atoms with van der Waals surface area (Å²) in [6.45, 7) is 1.12. The van der Waals surface area contributed by atoms with Gasteiger partial charge in [-0.1, -0.05) is 6.07 Å². The zero-order valence-electron chi connectivity index (χ0n) is 11.0. The second-order valence-electron chi connectivity index (χ2n) is 5.05. The molecule has 0 unspecified atom stereocenters. The van der Waals surface area contributed by atoms with Crippen LogP contribution >= 0.6 is 0 Å². The first-order chi connectivity index (χ1) is 9.31. The van der Waals surface area contributed by atoms with Gasteiger partial charge in [0.2, 0.25) is 10.0 Å². The molecule has 0 radical (unpaired) electrons. The number of nitro benzene ring substituents is 1. The van der Waals surface area contributed by atoms with Gasteiger partial charge in [0.25, 0.3) is 5.69 Å². The first-order valence-electron chi connectivity index (χ1n) is 6.20. The van der Waals surface area contributed by atoms with Crippen molar-refractivity contribution >= 4 is 15.7 Å². The van der Waals surface area contributed by atoms with Gasteiger partial charge >= 0.3 is 0 Å². The van der Waals surface area contributed by atoms with Crippen molar-refractivity contribution in [1.29, 1.82) is 0 Å². The second kappa shape index (κ2) is 5.12. The fourth-order valence-corrected chi connectivity index (χ4v) is 4.04. The second-order valence-corrected chi connectivity index (χ2v) is 6.71. The fraction of sp³-hybridized carbons (Fsp3) is 0.500. The molecule has 1 aromatic rings. The van der Waals surface area contributed by atoms with Crippen LogP contribution in [0.4, 0.5) is 5.69 Å². The molecular weight excluding hydrogens is 284 g/mol. The summed E-state index contributed by atoms with van der Waals surface area (Å²) in [5.74, 6) is 0. The number of nitro groups is 1. The number of nitrogens with zero attached hydrogens (tertiary/aromatic N) is 1. The van der Waals surface area contributed by atoms with Crippen LogP contribution in [0.3, 0.4) is 0 Å². The highest BCUT2D eigenvalue weighted by Gasteiger charge is 2.40. The lowest BCUT2D eigenvalue weighted by Crippen LogP contribution is -2.56. The van der Waals surface area contributed by atoms with Gasteiger partial charge < -0.3 is 5.11 Å². The Bertz CT molecular complexity index is 632. The van der Waals surface area contributed by atoms with Gasteiger partial charge in [-0.05, 0) is 32.3 Å². The standard InChI is InChI=1S/C12H16N2O5S/c1-9-10(14(16)17)4-2-5-11(9)20(18,19)13-12(8-15)6-3-7-12/h2,4-5,13,15H,3,6-8H2,1H3. The Kier molecular flexibility index (Phi) is 3.81. The van der Waals surface area contributed by atoms with E-state index in [1.54, 1.807) is 0 Å². The van der Waals surface area contributed by atoms with E-state index in [1.165, 1.54) is 25.1 Å². The molecule has 7 nitrogen and oxygen atoms in total. The minimum atomic E-state index is -3.89. The Morgan fingerprint density at radius 2 is 2.10 bits per heavy atom. The maximum Gasteiger partial charge on any atom is 0.273 e. The quantitative estimate of drug-likeness (QED) is 0.625. The van der Waals surface area contributed by atoms with Gasteiger partial charge in [-0.2, -0.15) is 0 Å². The summed E-state index contributed by atoms with van der Waals surface area (Å²) < 4.78 is 27.2. The summed E-state index contributed by atoms with van der Waals surface area (Å²) in [6.07, 6.45) is 1.98. The highest BCUT2D eigenvalue weighted by Crippen LogP contribution is 2.34. The molecule has 1 aromatic carbocycles. The van der Waals surface area contributed by atoms with Crippen molar-refractivity contribution in [3.05, 3.63) is 33.9 Å². The van der Waals surface area contributed by atoms with E-state index in [0.717, 1.165) is 6.42 Å². The zero-order chi connectivity index (χ0) is 15.0. The third-order valence-corrected chi connectivity index (χ3v) is 5.43. The lowest BCUT2D eigenvalue weighted by atomic mass is 9.78. The topological polar surface area (TPSA) is 110 Å². The van der Waals surface area contributed by atoms with Crippen LogP contribution in [-0.2, 0) is 10.0 Å². The summed E-state index contributed by atoms with van der Waals surface area (Å²) in [5, 5.41) is 20.2. The average Bonchev–Trinajstić information content (AvgIpc) is 2.33. The van der Waals surface area contributed by atoms with E-state index in [2.05, 4.69) is 4.72 Å². The number of hydrogen-bond donors (Lipinski definition) is 2. The molecule has 1 aliphatic carbocycles. The molecular formula is C12H16N2O5S. The van der Waals surface area contributed by atoms with Gasteiger partial charge in [-0.3, -0.25) is 10.1 Å². The van der Waals surface area contributed by atoms with E-state index < -0.39 is 20.5 Å². The molecule has 20 heavy (non-hydrogen) atoms. The van der Waals surface area contributed by atoms with Crippen LogP contribution in [0.1, 0.15) is 24.8 Å². The minimum Gasteiger partial charge on any atom is -0.394 e. The monoisotopic (exact) mass is 300 g/mol. The molecule has 1 aliphatic rings. The molecule has 0 bridgehead atoms. The highest BCUT2D eigenvalue weighted by atomic mass is 32.2. The zero-order valence-corrected chi connectivity index (χ0v) is 11.8. The Morgan fingerprint density at radius 1 is 1.45 bits per heavy atom. The predicted molar refractivity (Wildman–Crippen MR) is 71.8 cm³/mol. The molecule has 2 rings (SSSR count). The molecule has 0 aliphatic heterocycles. The SMILES string of the molecule is Cc1c([N+](=O)[O-])cccc1S(=O)(=O)NC1(CO)CCC1. The Labute approximate surface area is 116 Å². The normalized spacial score (nSPS) is 17.5. The summed E-state index contributed by atoms with van der Waals surface area (Å²) >= 11 is 0. The van der Waals surface area contributed by atoms with Crippen LogP contribution in [-0.4, -0.2) is 30.6 Å². The van der Waals surface area contributed by atoms with E-state index in [-0.39, 0.29) is 22.8 Å². The molecule has 8 heteroatoms. The third kappa shape index (κ3) is 2.54. The molecule has 0 heterocycles. The van der Waals surface area contributed by atoms with E-state index in [9.17, 15) is 23.6 Å². The largest absolute Gasteiger partial charge is 0.394 e. The molecule has 2 N–H and O–H groups in total. The van der Waals surface area contributed by atoms with Crippen molar-refractivity contribution in [2.24, 2.45) is 0 Å². The van der Waals surface area contributed by atoms with E-state index >= 15 is 0 Å². The van der Waals surface area contributed by atoms with Crippen molar-refractivity contribution in [2.75, 3.05) is 6.61 Å². The van der Waals surface area contributed by atoms with Crippen molar-refractivity contribution in [3.8, 4) is 0 Å². The molecule has 110 valence electrons. The van der Waals surface area contributed by atoms with E-state index in [1.807, 2.05) is 0 Å². The van der Waals surface area contributed by atoms with Gasteiger partial charge in [0, 0.05) is 11.6 Å². The fourth-order valence-electron chi connectivity index (χ4n) is 2.33. The summed E-state index contributed by atoms with van der Waals surface area (Å²) in [4.78, 5) is 10.1. The summed E-state index contributed by atoms with van der Waals surface area (Å²) in [6, 6.07) is 3.93. The number of hydrogen-bond acceptors (Lipinski definition) is 5. The molecule has 0 amide bonds. The molecule has 0 aromatic heterocycles. The minimum absolute atomic E-state index is 0.0948. The van der Waals surface area contributed by atoms with Crippen molar-refractivity contribution in [3.63, 3.8) is 0 Å². The average molecular weight is 300 g/mol. The predicted octanol–water partition coefficient (Wildman–Crippen LogP) is 1.10. The first kappa shape index (κ1) is 14.9. The molecule has 1 fully saturated rings. The number of sulfonamides is 1. The Hall–Kier alpha value is -1.51. The van der Waals surface area contributed by atoms with E-state index in [0.29, 0.717) is 12.8 Å². The van der Waals surface area contributed by atoms with Crippen molar-refractivity contribution in [2.45, 2.75) is 36.6 Å². The van der Waals surface area contributed by atoms with Crippen LogP contribution in [0.2, 0.25) is 0 Å². The molecule has 0 saturated heterocycles. The van der Waals surface area contributed by atoms with Crippen LogP contribution in [0.5, 0.6) is 0 Å². The van der Waals surface area contributed by atoms with Crippen LogP contribution < -0.4 is 4.72 Å². The molecule has 0 spiro atoms. The maximum atomic E-state index is 12.4. The van der Waals surface area contributed by atoms with Crippen LogP contribution in [0, 0.1) is 17.0 Å². The van der Waals surface area contributed by atoms with Crippen LogP contribution in [0.25, 0.3) is 0 Å². The number of aliphatic hydroxyl groups excluding tert-OH is 1. The Morgan fingerprint density at radius 3 is 2.55 bits per heavy atom. The van der Waals surface area contributed by atoms with Crippen LogP contribution in [0.15, 0.2) is 23.1 Å². The summed E-state index contributed by atoms with van der Waals surface area (Å²) in [5.41, 5.74) is -0.965. The highest BCUT2D eigenvalue weighted by molar-refractivity contribution is 7.89. The number of aliphatic hydroxyl groups is 1. The van der Waals surface area contributed by atoms with Gasteiger partial charge in [-0.15, -0.1) is 0 Å². The molecule has 0 atom stereocenters. The third-order valence-electron chi connectivity index (χ3n) is 3.71. The first-order valence-corrected chi connectivity index (χ1v) is 7.68. The molecule has 1 saturated carbocycles. The van der Waals surface area contributed by atoms with E-state index in [4.69, 9.17) is 0 Å². The summed E-state index contributed by atoms with van der Waals surface area (Å²) in [7, 11) is -3.89. The maximum absolute atomic E-state index is 12.4. The Balaban J connectivity index is 2.40. The smallest absolute Gasteiger partial charge is 0.273 e. The van der Waals surface area contributed by atoms with Gasteiger partial charge in [0.15, 0.2) is 0 Å².